The van der Waals surface area contributed by atoms with Gasteiger partial charge in [0.05, 0.1) is 6.04 Å². The molecule has 1 atom stereocenters. The van der Waals surface area contributed by atoms with Gasteiger partial charge in [0.15, 0.2) is 0 Å². The summed E-state index contributed by atoms with van der Waals surface area (Å²) in [7, 11) is 0. The molecule has 2 N–H and O–H groups in total. The Morgan fingerprint density at radius 2 is 2.14 bits per heavy atom. The van der Waals surface area contributed by atoms with Crippen molar-refractivity contribution in [3.8, 4) is 0 Å². The molecule has 5 heteroatoms. The quantitative estimate of drug-likeness (QED) is 0.905. The Morgan fingerprint density at radius 3 is 2.82 bits per heavy atom. The molecule has 1 aliphatic carbocycles. The average molecular weight is 343 g/mol. The van der Waals surface area contributed by atoms with E-state index < -0.39 is 0 Å². The molecule has 1 fully saturated rings. The number of hydrogen-bond donors (Lipinski definition) is 1. The van der Waals surface area contributed by atoms with Gasteiger partial charge in [0.1, 0.15) is 0 Å². The summed E-state index contributed by atoms with van der Waals surface area (Å²) >= 11 is 1.82. The van der Waals surface area contributed by atoms with E-state index in [1.165, 1.54) is 29.7 Å². The maximum atomic E-state index is 12.8. The summed E-state index contributed by atoms with van der Waals surface area (Å²) in [5.41, 5.74) is 7.47. The van der Waals surface area contributed by atoms with Gasteiger partial charge in [-0.15, -0.1) is 23.7 Å². The first-order valence-electron chi connectivity index (χ1n) is 8.21. The lowest BCUT2D eigenvalue weighted by Crippen LogP contribution is -2.43. The molecule has 1 aromatic rings. The maximum absolute atomic E-state index is 12.8. The third-order valence-electron chi connectivity index (χ3n) is 5.47. The number of amides is 1. The molecular weight excluding hydrogens is 316 g/mol. The van der Waals surface area contributed by atoms with Crippen LogP contribution in [0, 0.1) is 5.41 Å². The molecule has 0 aromatic carbocycles. The van der Waals surface area contributed by atoms with Crippen molar-refractivity contribution >= 4 is 29.7 Å². The monoisotopic (exact) mass is 342 g/mol. The largest absolute Gasteiger partial charge is 0.336 e. The standard InChI is InChI=1S/C17H26N2OS.ClH/c1-13-14-6-10-21-15(14)5-9-19(13)16(20)11-17(12-18)7-3-2-4-8-17;/h6,10,13H,2-5,7-9,11-12,18H2,1H3;1H. The number of nitrogens with zero attached hydrogens (tertiary/aromatic N) is 1. The first-order valence-corrected chi connectivity index (χ1v) is 9.09. The van der Waals surface area contributed by atoms with Gasteiger partial charge in [-0.25, -0.2) is 0 Å². The van der Waals surface area contributed by atoms with Gasteiger partial charge in [0.25, 0.3) is 0 Å². The van der Waals surface area contributed by atoms with Gasteiger partial charge in [-0.05, 0) is 55.2 Å². The van der Waals surface area contributed by atoms with Gasteiger partial charge in [-0.2, -0.15) is 0 Å². The number of carbonyl (C=O) groups excluding carboxylic acids is 1. The third-order valence-corrected chi connectivity index (χ3v) is 6.47. The summed E-state index contributed by atoms with van der Waals surface area (Å²) in [4.78, 5) is 16.4. The van der Waals surface area contributed by atoms with Crippen molar-refractivity contribution in [3.05, 3.63) is 21.9 Å². The van der Waals surface area contributed by atoms with E-state index in [2.05, 4.69) is 23.3 Å². The van der Waals surface area contributed by atoms with Crippen molar-refractivity contribution in [2.75, 3.05) is 13.1 Å². The Labute approximate surface area is 143 Å². The molecule has 2 aliphatic rings. The minimum absolute atomic E-state index is 0. The van der Waals surface area contributed by atoms with Crippen LogP contribution < -0.4 is 5.73 Å². The average Bonchev–Trinajstić information content (AvgIpc) is 2.98. The Bertz CT molecular complexity index is 511. The molecule has 0 spiro atoms. The SMILES string of the molecule is CC1c2ccsc2CCN1C(=O)CC1(CN)CCCCC1.Cl. The summed E-state index contributed by atoms with van der Waals surface area (Å²) in [6, 6.07) is 2.41. The summed E-state index contributed by atoms with van der Waals surface area (Å²) in [6.45, 7) is 3.69. The van der Waals surface area contributed by atoms with Crippen molar-refractivity contribution < 1.29 is 4.79 Å². The van der Waals surface area contributed by atoms with Crippen LogP contribution in [-0.4, -0.2) is 23.9 Å². The fourth-order valence-electron chi connectivity index (χ4n) is 4.03. The van der Waals surface area contributed by atoms with Crippen molar-refractivity contribution in [3.63, 3.8) is 0 Å². The summed E-state index contributed by atoms with van der Waals surface area (Å²) in [5.74, 6) is 0.312. The van der Waals surface area contributed by atoms with Crippen LogP contribution in [0.25, 0.3) is 0 Å². The zero-order chi connectivity index (χ0) is 14.9. The van der Waals surface area contributed by atoms with E-state index in [0.29, 0.717) is 18.9 Å². The number of hydrogen-bond acceptors (Lipinski definition) is 3. The van der Waals surface area contributed by atoms with Crippen LogP contribution in [0.1, 0.15) is 61.9 Å². The fourth-order valence-corrected chi connectivity index (χ4v) is 4.99. The van der Waals surface area contributed by atoms with Gasteiger partial charge >= 0.3 is 0 Å². The molecule has 0 bridgehead atoms. The van der Waals surface area contributed by atoms with Crippen LogP contribution in [0.5, 0.6) is 0 Å². The zero-order valence-electron chi connectivity index (χ0n) is 13.3. The molecular formula is C17H27ClN2OS. The molecule has 3 nitrogen and oxygen atoms in total. The van der Waals surface area contributed by atoms with Crippen LogP contribution >= 0.6 is 23.7 Å². The highest BCUT2D eigenvalue weighted by atomic mass is 35.5. The molecule has 22 heavy (non-hydrogen) atoms. The Morgan fingerprint density at radius 1 is 1.41 bits per heavy atom. The molecule has 0 radical (unpaired) electrons. The van der Waals surface area contributed by atoms with Gasteiger partial charge in [-0.3, -0.25) is 4.79 Å². The van der Waals surface area contributed by atoms with Crippen LogP contribution in [0.3, 0.4) is 0 Å². The predicted molar refractivity (Wildman–Crippen MR) is 94.6 cm³/mol. The molecule has 1 aromatic heterocycles. The normalized spacial score (nSPS) is 23.5. The Hall–Kier alpha value is -0.580. The second-order valence-electron chi connectivity index (χ2n) is 6.75. The molecule has 3 rings (SSSR count). The minimum Gasteiger partial charge on any atom is -0.336 e. The Kier molecular flexibility index (Phi) is 5.92. The highest BCUT2D eigenvalue weighted by Crippen LogP contribution is 2.40. The molecule has 1 saturated carbocycles. The number of nitrogens with two attached hydrogens (primary N) is 1. The van der Waals surface area contributed by atoms with Gasteiger partial charge in [-0.1, -0.05) is 19.3 Å². The van der Waals surface area contributed by atoms with Gasteiger partial charge in [0.2, 0.25) is 5.91 Å². The summed E-state index contributed by atoms with van der Waals surface area (Å²) < 4.78 is 0. The van der Waals surface area contributed by atoms with E-state index in [1.807, 2.05) is 11.3 Å². The van der Waals surface area contributed by atoms with Crippen LogP contribution in [0.15, 0.2) is 11.4 Å². The predicted octanol–water partition coefficient (Wildman–Crippen LogP) is 3.91. The molecule has 1 amide bonds. The van der Waals surface area contributed by atoms with Crippen molar-refractivity contribution in [2.45, 2.75) is 57.9 Å². The second-order valence-corrected chi connectivity index (χ2v) is 7.75. The van der Waals surface area contributed by atoms with E-state index in [4.69, 9.17) is 5.73 Å². The molecule has 0 saturated heterocycles. The van der Waals surface area contributed by atoms with Crippen molar-refractivity contribution in [2.24, 2.45) is 11.1 Å². The van der Waals surface area contributed by atoms with Crippen LogP contribution in [0.2, 0.25) is 0 Å². The lowest BCUT2D eigenvalue weighted by molar-refractivity contribution is -0.136. The highest BCUT2D eigenvalue weighted by molar-refractivity contribution is 7.10. The smallest absolute Gasteiger partial charge is 0.223 e. The van der Waals surface area contributed by atoms with Gasteiger partial charge < -0.3 is 10.6 Å². The number of carbonyl (C=O) groups is 1. The van der Waals surface area contributed by atoms with E-state index in [0.717, 1.165) is 25.8 Å². The minimum atomic E-state index is 0. The first kappa shape index (κ1) is 17.8. The summed E-state index contributed by atoms with van der Waals surface area (Å²) in [6.07, 6.45) is 7.67. The zero-order valence-corrected chi connectivity index (χ0v) is 15.0. The van der Waals surface area contributed by atoms with Crippen LogP contribution in [0.4, 0.5) is 0 Å². The summed E-state index contributed by atoms with van der Waals surface area (Å²) in [5, 5.41) is 2.15. The topological polar surface area (TPSA) is 46.3 Å². The number of halogens is 1. The number of rotatable bonds is 3. The third kappa shape index (κ3) is 3.34. The Balaban J connectivity index is 0.00000176. The van der Waals surface area contributed by atoms with Crippen LogP contribution in [-0.2, 0) is 11.2 Å². The first-order chi connectivity index (χ1) is 10.2. The van der Waals surface area contributed by atoms with E-state index in [-0.39, 0.29) is 23.9 Å². The lowest BCUT2D eigenvalue weighted by atomic mass is 9.71. The van der Waals surface area contributed by atoms with E-state index >= 15 is 0 Å². The van der Waals surface area contributed by atoms with E-state index in [9.17, 15) is 4.79 Å². The van der Waals surface area contributed by atoms with E-state index in [1.54, 1.807) is 0 Å². The number of fused-ring (bicyclic) bond motifs is 1. The molecule has 1 aliphatic heterocycles. The molecule has 124 valence electrons. The van der Waals surface area contributed by atoms with Crippen molar-refractivity contribution in [1.82, 2.24) is 4.90 Å². The highest BCUT2D eigenvalue weighted by Gasteiger charge is 2.36. The fraction of sp³-hybridized carbons (Fsp3) is 0.706. The van der Waals surface area contributed by atoms with Gasteiger partial charge in [0, 0.05) is 17.8 Å². The lowest BCUT2D eigenvalue weighted by Gasteiger charge is -2.40. The second kappa shape index (κ2) is 7.33. The molecule has 2 heterocycles. The number of thiophene rings is 1. The maximum Gasteiger partial charge on any atom is 0.223 e. The van der Waals surface area contributed by atoms with Crippen molar-refractivity contribution in [1.29, 1.82) is 0 Å². The molecule has 1 unspecified atom stereocenters.